The molecule has 152 valence electrons. The van der Waals surface area contributed by atoms with Crippen LogP contribution in [-0.2, 0) is 23.1 Å². The Bertz CT molecular complexity index is 1210. The lowest BCUT2D eigenvalue weighted by Crippen LogP contribution is -2.39. The summed E-state index contributed by atoms with van der Waals surface area (Å²) in [7, 11) is -4.04. The average molecular weight is 439 g/mol. The van der Waals surface area contributed by atoms with Crippen LogP contribution in [0.1, 0.15) is 21.5 Å². The van der Waals surface area contributed by atoms with Gasteiger partial charge in [0.15, 0.2) is 4.91 Å². The van der Waals surface area contributed by atoms with Crippen LogP contribution in [0.15, 0.2) is 90.0 Å². The summed E-state index contributed by atoms with van der Waals surface area (Å²) in [6, 6.07) is 23.3. The molecule has 0 saturated carbocycles. The van der Waals surface area contributed by atoms with Gasteiger partial charge in [0.25, 0.3) is 10.0 Å². The molecule has 4 rings (SSSR count). The third-order valence-electron chi connectivity index (χ3n) is 4.83. The summed E-state index contributed by atoms with van der Waals surface area (Å²) < 4.78 is 28.0. The number of fused-ring (bicyclic) bond motifs is 1. The molecule has 1 heterocycles. The fraction of sp³-hybridized carbons (Fsp3) is 0.0870. The highest BCUT2D eigenvalue weighted by Crippen LogP contribution is 2.36. The van der Waals surface area contributed by atoms with Gasteiger partial charge in [0.05, 0.1) is 12.2 Å². The standard InChI is InChI=1S/C23H19ClN2O3S/c24-19-12-10-18(11-13-19)16-26-21-9-5-4-8-20(21)23(27)22(30(26,28)29)15-25-14-17-6-2-1-3-7-17/h1-13,15,25H,14,16H2. The van der Waals surface area contributed by atoms with E-state index in [0.717, 1.165) is 11.1 Å². The molecule has 7 heteroatoms. The van der Waals surface area contributed by atoms with E-state index >= 15 is 0 Å². The van der Waals surface area contributed by atoms with Crippen LogP contribution in [0.3, 0.4) is 0 Å². The van der Waals surface area contributed by atoms with E-state index in [2.05, 4.69) is 5.32 Å². The number of para-hydroxylation sites is 1. The number of halogens is 1. The first kappa shape index (κ1) is 20.2. The molecule has 0 saturated heterocycles. The Balaban J connectivity index is 1.70. The number of hydrogen-bond donors (Lipinski definition) is 1. The number of hydrogen-bond acceptors (Lipinski definition) is 4. The van der Waals surface area contributed by atoms with Gasteiger partial charge in [-0.1, -0.05) is 66.2 Å². The second kappa shape index (κ2) is 8.34. The zero-order valence-corrected chi connectivity index (χ0v) is 17.5. The van der Waals surface area contributed by atoms with E-state index in [1.807, 2.05) is 30.3 Å². The largest absolute Gasteiger partial charge is 0.386 e. The number of rotatable bonds is 5. The molecule has 1 N–H and O–H groups in total. The topological polar surface area (TPSA) is 66.5 Å². The minimum absolute atomic E-state index is 0.0970. The monoisotopic (exact) mass is 438 g/mol. The Labute approximate surface area is 180 Å². The van der Waals surface area contributed by atoms with Gasteiger partial charge in [0.2, 0.25) is 5.78 Å². The maximum Gasteiger partial charge on any atom is 0.270 e. The van der Waals surface area contributed by atoms with Crippen LogP contribution in [0, 0.1) is 0 Å². The Morgan fingerprint density at radius 1 is 0.867 bits per heavy atom. The third-order valence-corrected chi connectivity index (χ3v) is 6.85. The van der Waals surface area contributed by atoms with Crippen molar-refractivity contribution >= 4 is 33.1 Å². The molecule has 0 amide bonds. The van der Waals surface area contributed by atoms with Crippen LogP contribution < -0.4 is 9.62 Å². The van der Waals surface area contributed by atoms with Crippen LogP contribution in [0.4, 0.5) is 5.69 Å². The predicted molar refractivity (Wildman–Crippen MR) is 119 cm³/mol. The fourth-order valence-corrected chi connectivity index (χ4v) is 4.98. The van der Waals surface area contributed by atoms with Crippen LogP contribution >= 0.6 is 11.6 Å². The Hall–Kier alpha value is -3.09. The molecule has 3 aromatic carbocycles. The molecule has 0 aromatic heterocycles. The summed E-state index contributed by atoms with van der Waals surface area (Å²) in [4.78, 5) is 12.7. The molecule has 0 fully saturated rings. The van der Waals surface area contributed by atoms with Crippen LogP contribution in [0.25, 0.3) is 0 Å². The van der Waals surface area contributed by atoms with Crippen molar-refractivity contribution in [2.75, 3.05) is 4.31 Å². The Morgan fingerprint density at radius 2 is 1.53 bits per heavy atom. The molecule has 0 spiro atoms. The molecule has 1 aliphatic rings. The number of anilines is 1. The van der Waals surface area contributed by atoms with Gasteiger partial charge >= 0.3 is 0 Å². The lowest BCUT2D eigenvalue weighted by atomic mass is 10.1. The van der Waals surface area contributed by atoms with Gasteiger partial charge in [-0.15, -0.1) is 0 Å². The Kier molecular flexibility index (Phi) is 5.61. The van der Waals surface area contributed by atoms with Crippen LogP contribution in [0.2, 0.25) is 5.02 Å². The summed E-state index contributed by atoms with van der Waals surface area (Å²) in [5, 5.41) is 3.54. The minimum atomic E-state index is -4.04. The van der Waals surface area contributed by atoms with E-state index in [4.69, 9.17) is 11.6 Å². The number of Topliss-reactive ketones (excluding diaryl/α,β-unsaturated/α-hetero) is 1. The molecule has 0 bridgehead atoms. The van der Waals surface area contributed by atoms with Crippen molar-refractivity contribution in [3.05, 3.63) is 112 Å². The first-order valence-corrected chi connectivity index (χ1v) is 11.2. The van der Waals surface area contributed by atoms with Crippen molar-refractivity contribution in [3.63, 3.8) is 0 Å². The highest BCUT2D eigenvalue weighted by molar-refractivity contribution is 7.97. The van der Waals surface area contributed by atoms with Crippen molar-refractivity contribution in [1.29, 1.82) is 0 Å². The van der Waals surface area contributed by atoms with Crippen molar-refractivity contribution < 1.29 is 13.2 Å². The molecular formula is C23H19ClN2O3S. The molecule has 0 unspecified atom stereocenters. The van der Waals surface area contributed by atoms with Gasteiger partial charge in [-0.25, -0.2) is 8.42 Å². The van der Waals surface area contributed by atoms with Crippen molar-refractivity contribution in [3.8, 4) is 0 Å². The number of benzene rings is 3. The molecular weight excluding hydrogens is 420 g/mol. The molecule has 0 radical (unpaired) electrons. The van der Waals surface area contributed by atoms with Gasteiger partial charge in [-0.05, 0) is 35.4 Å². The fourth-order valence-electron chi connectivity index (χ4n) is 3.30. The highest BCUT2D eigenvalue weighted by atomic mass is 35.5. The number of nitrogens with zero attached hydrogens (tertiary/aromatic N) is 1. The number of ketones is 1. The van der Waals surface area contributed by atoms with E-state index in [-0.39, 0.29) is 11.4 Å². The smallest absolute Gasteiger partial charge is 0.270 e. The van der Waals surface area contributed by atoms with Gasteiger partial charge in [0, 0.05) is 23.3 Å². The molecule has 30 heavy (non-hydrogen) atoms. The van der Waals surface area contributed by atoms with E-state index in [9.17, 15) is 13.2 Å². The first-order valence-electron chi connectivity index (χ1n) is 9.35. The van der Waals surface area contributed by atoms with E-state index in [0.29, 0.717) is 22.8 Å². The Morgan fingerprint density at radius 3 is 2.27 bits per heavy atom. The van der Waals surface area contributed by atoms with E-state index in [1.165, 1.54) is 10.5 Å². The van der Waals surface area contributed by atoms with Crippen LogP contribution in [0.5, 0.6) is 0 Å². The number of allylic oxidation sites excluding steroid dienone is 1. The molecule has 3 aromatic rings. The van der Waals surface area contributed by atoms with Crippen LogP contribution in [-0.4, -0.2) is 14.2 Å². The normalized spacial score (nSPS) is 16.4. The molecule has 0 atom stereocenters. The van der Waals surface area contributed by atoms with Crippen molar-refractivity contribution in [2.24, 2.45) is 0 Å². The summed E-state index contributed by atoms with van der Waals surface area (Å²) in [5.74, 6) is -0.515. The third kappa shape index (κ3) is 3.97. The zero-order valence-electron chi connectivity index (χ0n) is 16.0. The quantitative estimate of drug-likeness (QED) is 0.595. The molecule has 1 aliphatic heterocycles. The predicted octanol–water partition coefficient (Wildman–Crippen LogP) is 4.50. The SMILES string of the molecule is O=C1C(=CNCc2ccccc2)S(=O)(=O)N(Cc2ccc(Cl)cc2)c2ccccc21. The van der Waals surface area contributed by atoms with Gasteiger partial charge in [0.1, 0.15) is 0 Å². The van der Waals surface area contributed by atoms with E-state index in [1.54, 1.807) is 48.5 Å². The first-order chi connectivity index (χ1) is 14.5. The lowest BCUT2D eigenvalue weighted by molar-refractivity contribution is 0.104. The van der Waals surface area contributed by atoms with Crippen molar-refractivity contribution in [2.45, 2.75) is 13.1 Å². The maximum absolute atomic E-state index is 13.4. The van der Waals surface area contributed by atoms with Gasteiger partial charge in [-0.2, -0.15) is 0 Å². The maximum atomic E-state index is 13.4. The van der Waals surface area contributed by atoms with Gasteiger partial charge < -0.3 is 5.32 Å². The number of nitrogens with one attached hydrogen (secondary N) is 1. The van der Waals surface area contributed by atoms with E-state index < -0.39 is 15.8 Å². The molecule has 5 nitrogen and oxygen atoms in total. The summed E-state index contributed by atoms with van der Waals surface area (Å²) in [5.41, 5.74) is 2.48. The minimum Gasteiger partial charge on any atom is -0.386 e. The summed E-state index contributed by atoms with van der Waals surface area (Å²) >= 11 is 5.95. The second-order valence-corrected chi connectivity index (χ2v) is 9.13. The average Bonchev–Trinajstić information content (AvgIpc) is 2.75. The lowest BCUT2D eigenvalue weighted by Gasteiger charge is -2.31. The summed E-state index contributed by atoms with van der Waals surface area (Å²) in [6.07, 6.45) is 1.30. The number of carbonyl (C=O) groups excluding carboxylic acids is 1. The molecule has 0 aliphatic carbocycles. The van der Waals surface area contributed by atoms with Gasteiger partial charge in [-0.3, -0.25) is 9.10 Å². The summed E-state index contributed by atoms with van der Waals surface area (Å²) in [6.45, 7) is 0.506. The highest BCUT2D eigenvalue weighted by Gasteiger charge is 2.39. The zero-order chi connectivity index (χ0) is 21.1. The van der Waals surface area contributed by atoms with Crippen molar-refractivity contribution in [1.82, 2.24) is 5.32 Å². The number of sulfonamides is 1. The second-order valence-electron chi connectivity index (χ2n) is 6.86. The number of carbonyl (C=O) groups is 1.